The summed E-state index contributed by atoms with van der Waals surface area (Å²) in [7, 11) is -3.93. The van der Waals surface area contributed by atoms with Crippen LogP contribution in [0.5, 0.6) is 0 Å². The van der Waals surface area contributed by atoms with Gasteiger partial charge in [-0.05, 0) is 43.7 Å². The minimum atomic E-state index is -3.93. The number of aryl methyl sites for hydroxylation is 1. The Kier molecular flexibility index (Phi) is 5.17. The highest BCUT2D eigenvalue weighted by Gasteiger charge is 2.21. The van der Waals surface area contributed by atoms with Gasteiger partial charge in [-0.3, -0.25) is 0 Å². The van der Waals surface area contributed by atoms with E-state index in [1.165, 1.54) is 6.26 Å². The van der Waals surface area contributed by atoms with Crippen LogP contribution < -0.4 is 4.72 Å². The number of carboxylic acids is 1. The zero-order valence-corrected chi connectivity index (χ0v) is 13.1. The molecule has 0 fully saturated rings. The normalized spacial score (nSPS) is 13.0. The molecule has 2 rings (SSSR count). The number of rotatable bonds is 7. The molecule has 0 bridgehead atoms. The van der Waals surface area contributed by atoms with Gasteiger partial charge >= 0.3 is 5.97 Å². The Morgan fingerprint density at radius 1 is 1.39 bits per heavy atom. The van der Waals surface area contributed by atoms with Crippen molar-refractivity contribution in [2.24, 2.45) is 0 Å². The van der Waals surface area contributed by atoms with Crippen molar-refractivity contribution in [1.82, 2.24) is 4.72 Å². The van der Waals surface area contributed by atoms with Crippen LogP contribution in [0.4, 0.5) is 4.39 Å². The van der Waals surface area contributed by atoms with Gasteiger partial charge in [-0.1, -0.05) is 0 Å². The Morgan fingerprint density at radius 2 is 2.13 bits per heavy atom. The van der Waals surface area contributed by atoms with Crippen LogP contribution in [0.1, 0.15) is 29.5 Å². The van der Waals surface area contributed by atoms with Gasteiger partial charge in [0.2, 0.25) is 10.0 Å². The summed E-state index contributed by atoms with van der Waals surface area (Å²) >= 11 is 0. The number of aromatic carboxylic acids is 1. The summed E-state index contributed by atoms with van der Waals surface area (Å²) < 4.78 is 45.4. The van der Waals surface area contributed by atoms with Gasteiger partial charge < -0.3 is 9.52 Å². The molecule has 0 amide bonds. The minimum absolute atomic E-state index is 0.291. The fourth-order valence-corrected chi connectivity index (χ4v) is 3.34. The third kappa shape index (κ3) is 4.40. The second kappa shape index (κ2) is 6.93. The molecular formula is C15H16FNO5S. The number of halogens is 1. The lowest BCUT2D eigenvalue weighted by molar-refractivity contribution is 0.0691. The van der Waals surface area contributed by atoms with Crippen molar-refractivity contribution in [3.63, 3.8) is 0 Å². The maximum atomic E-state index is 13.3. The highest BCUT2D eigenvalue weighted by Crippen LogP contribution is 2.16. The number of furan rings is 1. The monoisotopic (exact) mass is 341 g/mol. The first-order valence-electron chi connectivity index (χ1n) is 6.87. The van der Waals surface area contributed by atoms with Crippen molar-refractivity contribution in [2.75, 3.05) is 0 Å². The molecule has 1 atom stereocenters. The van der Waals surface area contributed by atoms with E-state index < -0.39 is 33.4 Å². The summed E-state index contributed by atoms with van der Waals surface area (Å²) in [5.74, 6) is -1.77. The molecule has 23 heavy (non-hydrogen) atoms. The summed E-state index contributed by atoms with van der Waals surface area (Å²) in [6.07, 6.45) is 2.59. The molecule has 1 aromatic heterocycles. The average molecular weight is 341 g/mol. The zero-order chi connectivity index (χ0) is 17.0. The van der Waals surface area contributed by atoms with E-state index >= 15 is 0 Å². The van der Waals surface area contributed by atoms with Gasteiger partial charge in [0.25, 0.3) is 0 Å². The third-order valence-corrected chi connectivity index (χ3v) is 4.83. The smallest absolute Gasteiger partial charge is 0.338 e. The van der Waals surface area contributed by atoms with Crippen LogP contribution in [0.15, 0.2) is 45.9 Å². The third-order valence-electron chi connectivity index (χ3n) is 3.24. The number of nitrogens with one attached hydrogen (secondary N) is 1. The molecule has 0 aliphatic heterocycles. The van der Waals surface area contributed by atoms with E-state index in [-0.39, 0.29) is 4.90 Å². The van der Waals surface area contributed by atoms with Gasteiger partial charge in [-0.15, -0.1) is 0 Å². The predicted octanol–water partition coefficient (Wildman–Crippen LogP) is 2.42. The van der Waals surface area contributed by atoms with Crippen molar-refractivity contribution in [2.45, 2.75) is 30.7 Å². The molecule has 0 aliphatic carbocycles. The van der Waals surface area contributed by atoms with Crippen LogP contribution in [-0.2, 0) is 16.4 Å². The number of carbonyl (C=O) groups is 1. The van der Waals surface area contributed by atoms with E-state index in [1.807, 2.05) is 0 Å². The Labute approximate surface area is 133 Å². The number of sulfonamides is 1. The fourth-order valence-electron chi connectivity index (χ4n) is 2.04. The molecule has 6 nitrogen and oxygen atoms in total. The fraction of sp³-hybridized carbons (Fsp3) is 0.267. The van der Waals surface area contributed by atoms with E-state index in [0.29, 0.717) is 12.8 Å². The van der Waals surface area contributed by atoms with E-state index in [1.54, 1.807) is 19.1 Å². The van der Waals surface area contributed by atoms with E-state index in [4.69, 9.17) is 9.52 Å². The molecule has 8 heteroatoms. The first-order chi connectivity index (χ1) is 10.8. The molecule has 1 heterocycles. The van der Waals surface area contributed by atoms with E-state index in [2.05, 4.69) is 4.72 Å². The van der Waals surface area contributed by atoms with Crippen LogP contribution in [0.25, 0.3) is 0 Å². The summed E-state index contributed by atoms with van der Waals surface area (Å²) in [5.41, 5.74) is -0.684. The second-order valence-corrected chi connectivity index (χ2v) is 6.80. The predicted molar refractivity (Wildman–Crippen MR) is 80.2 cm³/mol. The van der Waals surface area contributed by atoms with Gasteiger partial charge in [-0.25, -0.2) is 22.3 Å². The van der Waals surface area contributed by atoms with Gasteiger partial charge in [0.05, 0.1) is 16.7 Å². The Morgan fingerprint density at radius 3 is 2.74 bits per heavy atom. The number of hydrogen-bond donors (Lipinski definition) is 2. The average Bonchev–Trinajstić information content (AvgIpc) is 2.98. The van der Waals surface area contributed by atoms with Crippen molar-refractivity contribution < 1.29 is 27.1 Å². The van der Waals surface area contributed by atoms with E-state index in [9.17, 15) is 17.6 Å². The number of hydrogen-bond acceptors (Lipinski definition) is 4. The molecule has 0 radical (unpaired) electrons. The first-order valence-corrected chi connectivity index (χ1v) is 8.35. The van der Waals surface area contributed by atoms with Gasteiger partial charge in [-0.2, -0.15) is 0 Å². The molecule has 2 aromatic rings. The minimum Gasteiger partial charge on any atom is -0.478 e. The summed E-state index contributed by atoms with van der Waals surface area (Å²) in [6.45, 7) is 1.68. The highest BCUT2D eigenvalue weighted by molar-refractivity contribution is 7.89. The number of benzene rings is 1. The molecule has 1 aromatic carbocycles. The topological polar surface area (TPSA) is 96.6 Å². The lowest BCUT2D eigenvalue weighted by Gasteiger charge is -2.14. The van der Waals surface area contributed by atoms with Crippen LogP contribution in [0, 0.1) is 5.82 Å². The largest absolute Gasteiger partial charge is 0.478 e. The Balaban J connectivity index is 2.09. The first kappa shape index (κ1) is 17.2. The molecule has 0 saturated carbocycles. The van der Waals surface area contributed by atoms with Crippen molar-refractivity contribution in [3.8, 4) is 0 Å². The quantitative estimate of drug-likeness (QED) is 0.806. The lowest BCUT2D eigenvalue weighted by atomic mass is 10.2. The Bertz CT molecular complexity index is 786. The van der Waals surface area contributed by atoms with Crippen molar-refractivity contribution >= 4 is 16.0 Å². The van der Waals surface area contributed by atoms with Crippen LogP contribution >= 0.6 is 0 Å². The standard InChI is InChI=1S/C15H16FNO5S/c1-10(4-5-11-3-2-8-22-11)17-23(20,21)12-6-7-14(16)13(9-12)15(18)19/h2-3,6-10,17H,4-5H2,1H3,(H,18,19)/t10-/m1/s1. The van der Waals surface area contributed by atoms with E-state index in [0.717, 1.165) is 24.0 Å². The molecule has 0 saturated heterocycles. The van der Waals surface area contributed by atoms with Gasteiger partial charge in [0, 0.05) is 12.5 Å². The highest BCUT2D eigenvalue weighted by atomic mass is 32.2. The van der Waals surface area contributed by atoms with Crippen LogP contribution in [0.2, 0.25) is 0 Å². The lowest BCUT2D eigenvalue weighted by Crippen LogP contribution is -2.33. The second-order valence-electron chi connectivity index (χ2n) is 5.09. The Hall–Kier alpha value is -2.19. The van der Waals surface area contributed by atoms with Crippen LogP contribution in [0.3, 0.4) is 0 Å². The van der Waals surface area contributed by atoms with Crippen LogP contribution in [-0.4, -0.2) is 25.5 Å². The molecule has 0 aliphatic rings. The molecule has 2 N–H and O–H groups in total. The molecule has 0 spiro atoms. The molecule has 0 unspecified atom stereocenters. The zero-order valence-electron chi connectivity index (χ0n) is 12.3. The SMILES string of the molecule is C[C@H](CCc1ccco1)NS(=O)(=O)c1ccc(F)c(C(=O)O)c1. The molecular weight excluding hydrogens is 325 g/mol. The molecule has 124 valence electrons. The maximum Gasteiger partial charge on any atom is 0.338 e. The number of carboxylic acid groups (broad SMARTS) is 1. The summed E-state index contributed by atoms with van der Waals surface area (Å²) in [6, 6.07) is 5.80. The summed E-state index contributed by atoms with van der Waals surface area (Å²) in [4.78, 5) is 10.6. The van der Waals surface area contributed by atoms with Gasteiger partial charge in [0.15, 0.2) is 0 Å². The van der Waals surface area contributed by atoms with Crippen molar-refractivity contribution in [1.29, 1.82) is 0 Å². The maximum absolute atomic E-state index is 13.3. The van der Waals surface area contributed by atoms with Crippen molar-refractivity contribution in [3.05, 3.63) is 53.7 Å². The van der Waals surface area contributed by atoms with Gasteiger partial charge in [0.1, 0.15) is 11.6 Å². The summed E-state index contributed by atoms with van der Waals surface area (Å²) in [5, 5.41) is 8.86.